The van der Waals surface area contributed by atoms with Crippen molar-refractivity contribution in [3.05, 3.63) is 70.5 Å². The molecule has 8 heteroatoms. The lowest BCUT2D eigenvalue weighted by Gasteiger charge is -2.17. The highest BCUT2D eigenvalue weighted by Gasteiger charge is 2.14. The normalized spacial score (nSPS) is 10.7. The first-order chi connectivity index (χ1) is 13.8. The van der Waals surface area contributed by atoms with Gasteiger partial charge in [0.25, 0.3) is 5.56 Å². The lowest BCUT2D eigenvalue weighted by Crippen LogP contribution is -2.35. The fourth-order valence-corrected chi connectivity index (χ4v) is 2.97. The lowest BCUT2D eigenvalue weighted by atomic mass is 10.1. The summed E-state index contributed by atoms with van der Waals surface area (Å²) in [4.78, 5) is 42.5. The summed E-state index contributed by atoms with van der Waals surface area (Å²) >= 11 is 0. The molecule has 1 heterocycles. The summed E-state index contributed by atoms with van der Waals surface area (Å²) in [6.07, 6.45) is 1.48. The van der Waals surface area contributed by atoms with E-state index in [-0.39, 0.29) is 31.0 Å². The number of fused-ring (bicyclic) bond motifs is 1. The van der Waals surface area contributed by atoms with Crippen molar-refractivity contribution in [1.29, 1.82) is 0 Å². The molecule has 3 aromatic rings. The van der Waals surface area contributed by atoms with E-state index in [2.05, 4.69) is 10.3 Å². The standard InChI is InChI=1S/C21H21FN4O3/c1-14-5-3-8-17-20(14)23-13-26(21(17)29)10-9-19(28)25(2)12-18(27)24-16-7-4-6-15(22)11-16/h3-8,11,13H,9-10,12H2,1-2H3,(H,24,27). The van der Waals surface area contributed by atoms with Gasteiger partial charge in [0.15, 0.2) is 0 Å². The number of amides is 2. The minimum absolute atomic E-state index is 0.0443. The molecule has 0 unspecified atom stereocenters. The third kappa shape index (κ3) is 4.84. The molecule has 2 aromatic carbocycles. The second-order valence-electron chi connectivity index (χ2n) is 6.77. The highest BCUT2D eigenvalue weighted by atomic mass is 19.1. The number of likely N-dealkylation sites (N-methyl/N-ethyl adjacent to an activating group) is 1. The van der Waals surface area contributed by atoms with Crippen molar-refractivity contribution >= 4 is 28.4 Å². The van der Waals surface area contributed by atoms with Gasteiger partial charge in [0.2, 0.25) is 11.8 Å². The smallest absolute Gasteiger partial charge is 0.261 e. The maximum absolute atomic E-state index is 13.2. The van der Waals surface area contributed by atoms with Gasteiger partial charge in [0.05, 0.1) is 23.8 Å². The van der Waals surface area contributed by atoms with Crippen LogP contribution in [0.1, 0.15) is 12.0 Å². The second-order valence-corrected chi connectivity index (χ2v) is 6.77. The number of aryl methyl sites for hydroxylation is 2. The minimum Gasteiger partial charge on any atom is -0.336 e. The van der Waals surface area contributed by atoms with E-state index in [1.165, 1.54) is 41.0 Å². The van der Waals surface area contributed by atoms with E-state index in [9.17, 15) is 18.8 Å². The molecular formula is C21H21FN4O3. The molecule has 150 valence electrons. The molecule has 0 aliphatic heterocycles. The number of carbonyl (C=O) groups is 2. The van der Waals surface area contributed by atoms with Gasteiger partial charge < -0.3 is 10.2 Å². The summed E-state index contributed by atoms with van der Waals surface area (Å²) in [6, 6.07) is 10.9. The van der Waals surface area contributed by atoms with Crippen LogP contribution in [0.2, 0.25) is 0 Å². The summed E-state index contributed by atoms with van der Waals surface area (Å²) in [5.74, 6) is -1.20. The number of halogens is 1. The highest BCUT2D eigenvalue weighted by molar-refractivity contribution is 5.94. The van der Waals surface area contributed by atoms with Crippen LogP contribution in [0.5, 0.6) is 0 Å². The zero-order valence-electron chi connectivity index (χ0n) is 16.2. The Morgan fingerprint density at radius 2 is 1.97 bits per heavy atom. The molecule has 0 atom stereocenters. The number of hydrogen-bond acceptors (Lipinski definition) is 4. The summed E-state index contributed by atoms with van der Waals surface area (Å²) in [5.41, 5.74) is 1.66. The highest BCUT2D eigenvalue weighted by Crippen LogP contribution is 2.11. The van der Waals surface area contributed by atoms with Crippen LogP contribution in [-0.2, 0) is 16.1 Å². The van der Waals surface area contributed by atoms with E-state index in [1.54, 1.807) is 18.2 Å². The van der Waals surface area contributed by atoms with Crippen molar-refractivity contribution < 1.29 is 14.0 Å². The largest absolute Gasteiger partial charge is 0.336 e. The minimum atomic E-state index is -0.461. The van der Waals surface area contributed by atoms with Crippen LogP contribution in [0.25, 0.3) is 10.9 Å². The van der Waals surface area contributed by atoms with Crippen LogP contribution < -0.4 is 10.9 Å². The molecule has 0 saturated carbocycles. The molecule has 1 aromatic heterocycles. The number of para-hydroxylation sites is 1. The molecular weight excluding hydrogens is 375 g/mol. The Kier molecular flexibility index (Phi) is 6.01. The quantitative estimate of drug-likeness (QED) is 0.693. The van der Waals surface area contributed by atoms with Gasteiger partial charge in [-0.05, 0) is 36.8 Å². The summed E-state index contributed by atoms with van der Waals surface area (Å²) in [5, 5.41) is 3.04. The predicted octanol–water partition coefficient (Wildman–Crippen LogP) is 2.33. The van der Waals surface area contributed by atoms with Crippen molar-refractivity contribution in [2.24, 2.45) is 0 Å². The Balaban J connectivity index is 1.59. The predicted molar refractivity (Wildman–Crippen MR) is 108 cm³/mol. The second kappa shape index (κ2) is 8.64. The first kappa shape index (κ1) is 20.2. The molecule has 0 bridgehead atoms. The fraction of sp³-hybridized carbons (Fsp3) is 0.238. The summed E-state index contributed by atoms with van der Waals surface area (Å²) in [6.45, 7) is 1.86. The van der Waals surface area contributed by atoms with Crippen LogP contribution in [0, 0.1) is 12.7 Å². The Bertz CT molecular complexity index is 1130. The molecule has 0 aliphatic rings. The van der Waals surface area contributed by atoms with E-state index < -0.39 is 11.7 Å². The molecule has 0 radical (unpaired) electrons. The van der Waals surface area contributed by atoms with E-state index >= 15 is 0 Å². The number of nitrogens with one attached hydrogen (secondary N) is 1. The van der Waals surface area contributed by atoms with Crippen LogP contribution in [0.4, 0.5) is 10.1 Å². The third-order valence-electron chi connectivity index (χ3n) is 4.54. The zero-order chi connectivity index (χ0) is 21.0. The SMILES string of the molecule is Cc1cccc2c(=O)n(CCC(=O)N(C)CC(=O)Nc3cccc(F)c3)cnc12. The van der Waals surface area contributed by atoms with Gasteiger partial charge >= 0.3 is 0 Å². The van der Waals surface area contributed by atoms with Gasteiger partial charge in [0.1, 0.15) is 5.82 Å². The monoisotopic (exact) mass is 396 g/mol. The van der Waals surface area contributed by atoms with E-state index in [4.69, 9.17) is 0 Å². The number of rotatable bonds is 6. The van der Waals surface area contributed by atoms with Crippen molar-refractivity contribution in [1.82, 2.24) is 14.5 Å². The van der Waals surface area contributed by atoms with Crippen LogP contribution in [-0.4, -0.2) is 39.9 Å². The Hall–Kier alpha value is -3.55. The van der Waals surface area contributed by atoms with E-state index in [1.807, 2.05) is 13.0 Å². The van der Waals surface area contributed by atoms with E-state index in [0.29, 0.717) is 16.6 Å². The van der Waals surface area contributed by atoms with Crippen molar-refractivity contribution in [3.8, 4) is 0 Å². The number of hydrogen-bond donors (Lipinski definition) is 1. The average Bonchev–Trinajstić information content (AvgIpc) is 2.67. The Morgan fingerprint density at radius 3 is 2.72 bits per heavy atom. The Labute approximate surface area is 166 Å². The van der Waals surface area contributed by atoms with Gasteiger partial charge in [-0.1, -0.05) is 18.2 Å². The maximum atomic E-state index is 13.2. The van der Waals surface area contributed by atoms with Crippen LogP contribution >= 0.6 is 0 Å². The molecule has 0 aliphatic carbocycles. The van der Waals surface area contributed by atoms with Gasteiger partial charge in [-0.3, -0.25) is 19.0 Å². The zero-order valence-corrected chi connectivity index (χ0v) is 16.2. The number of nitrogens with zero attached hydrogens (tertiary/aromatic N) is 3. The molecule has 3 rings (SSSR count). The first-order valence-corrected chi connectivity index (χ1v) is 9.09. The topological polar surface area (TPSA) is 84.3 Å². The van der Waals surface area contributed by atoms with Crippen molar-refractivity contribution in [2.75, 3.05) is 18.9 Å². The molecule has 0 saturated heterocycles. The molecule has 0 fully saturated rings. The summed E-state index contributed by atoms with van der Waals surface area (Å²) < 4.78 is 14.6. The Morgan fingerprint density at radius 1 is 1.21 bits per heavy atom. The molecule has 29 heavy (non-hydrogen) atoms. The molecule has 7 nitrogen and oxygen atoms in total. The van der Waals surface area contributed by atoms with Gasteiger partial charge in [-0.15, -0.1) is 0 Å². The number of anilines is 1. The van der Waals surface area contributed by atoms with Gasteiger partial charge in [-0.2, -0.15) is 0 Å². The summed E-state index contributed by atoms with van der Waals surface area (Å²) in [7, 11) is 1.50. The molecule has 0 spiro atoms. The number of carbonyl (C=O) groups excluding carboxylic acids is 2. The number of benzene rings is 2. The van der Waals surface area contributed by atoms with Crippen molar-refractivity contribution in [3.63, 3.8) is 0 Å². The van der Waals surface area contributed by atoms with Crippen molar-refractivity contribution in [2.45, 2.75) is 19.9 Å². The first-order valence-electron chi connectivity index (χ1n) is 9.09. The van der Waals surface area contributed by atoms with Crippen LogP contribution in [0.15, 0.2) is 53.6 Å². The fourth-order valence-electron chi connectivity index (χ4n) is 2.97. The molecule has 1 N–H and O–H groups in total. The van der Waals surface area contributed by atoms with Gasteiger partial charge in [0, 0.05) is 25.7 Å². The lowest BCUT2D eigenvalue weighted by molar-refractivity contribution is -0.133. The van der Waals surface area contributed by atoms with Crippen LogP contribution in [0.3, 0.4) is 0 Å². The van der Waals surface area contributed by atoms with Gasteiger partial charge in [-0.25, -0.2) is 9.37 Å². The van der Waals surface area contributed by atoms with E-state index in [0.717, 1.165) is 5.56 Å². The molecule has 2 amide bonds. The average molecular weight is 396 g/mol. The third-order valence-corrected chi connectivity index (χ3v) is 4.54. The number of aromatic nitrogens is 2. The maximum Gasteiger partial charge on any atom is 0.261 e.